The standard InChI is InChI=1S/C26H30N4O5S/c1-17-22(24(31)35-15-14-33-2)23(30-13-6-16-36-26(30)27-17)18-9-11-19(12-10-18)28-25(32)29-20-7-4-5-8-21(20)34-3/h4-5,7-12,23H,6,13-16H2,1-3H3,(H2,28,29,32)/t23-/m0/s1. The molecule has 0 spiro atoms. The summed E-state index contributed by atoms with van der Waals surface area (Å²) >= 11 is 1.69. The highest BCUT2D eigenvalue weighted by Crippen LogP contribution is 2.40. The third-order valence-corrected chi connectivity index (χ3v) is 6.92. The van der Waals surface area contributed by atoms with Gasteiger partial charge in [-0.3, -0.25) is 0 Å². The number of rotatable bonds is 8. The number of carbonyl (C=O) groups is 2. The molecule has 0 saturated carbocycles. The maximum Gasteiger partial charge on any atom is 0.338 e. The van der Waals surface area contributed by atoms with E-state index in [1.54, 1.807) is 38.1 Å². The summed E-state index contributed by atoms with van der Waals surface area (Å²) in [7, 11) is 3.12. The number of para-hydroxylation sites is 2. The number of nitrogens with one attached hydrogen (secondary N) is 2. The van der Waals surface area contributed by atoms with Crippen LogP contribution in [0.5, 0.6) is 5.75 Å². The molecule has 2 aromatic carbocycles. The zero-order chi connectivity index (χ0) is 25.5. The highest BCUT2D eigenvalue weighted by Gasteiger charge is 2.37. The number of hydrogen-bond acceptors (Lipinski definition) is 8. The Hall–Kier alpha value is -3.50. The molecule has 0 unspecified atom stereocenters. The number of urea groups is 1. The molecule has 2 heterocycles. The van der Waals surface area contributed by atoms with Crippen LogP contribution in [0.2, 0.25) is 0 Å². The Morgan fingerprint density at radius 1 is 1.08 bits per heavy atom. The molecule has 190 valence electrons. The largest absolute Gasteiger partial charge is 0.495 e. The number of esters is 1. The average Bonchev–Trinajstić information content (AvgIpc) is 2.88. The molecule has 9 nitrogen and oxygen atoms in total. The maximum absolute atomic E-state index is 13.1. The van der Waals surface area contributed by atoms with Gasteiger partial charge < -0.3 is 29.7 Å². The van der Waals surface area contributed by atoms with Crippen molar-refractivity contribution in [1.29, 1.82) is 0 Å². The van der Waals surface area contributed by atoms with Crippen LogP contribution in [0.15, 0.2) is 64.8 Å². The monoisotopic (exact) mass is 510 g/mol. The van der Waals surface area contributed by atoms with Gasteiger partial charge in [0.1, 0.15) is 12.4 Å². The van der Waals surface area contributed by atoms with E-state index in [-0.39, 0.29) is 18.7 Å². The number of ether oxygens (including phenoxy) is 3. The molecule has 1 fully saturated rings. The molecule has 0 radical (unpaired) electrons. The van der Waals surface area contributed by atoms with Crippen molar-refractivity contribution in [2.45, 2.75) is 19.4 Å². The Morgan fingerprint density at radius 2 is 1.86 bits per heavy atom. The summed E-state index contributed by atoms with van der Waals surface area (Å²) in [5, 5.41) is 6.55. The van der Waals surface area contributed by atoms with E-state index >= 15 is 0 Å². The molecule has 2 aliphatic rings. The number of aliphatic imine (C=N–C) groups is 1. The summed E-state index contributed by atoms with van der Waals surface area (Å²) < 4.78 is 15.8. The SMILES string of the molecule is COCCOC(=O)C1=C(C)N=C2SCCCN2[C@H]1c1ccc(NC(=O)Nc2ccccc2OC)cc1. The minimum atomic E-state index is -0.397. The molecule has 36 heavy (non-hydrogen) atoms. The highest BCUT2D eigenvalue weighted by atomic mass is 32.2. The van der Waals surface area contributed by atoms with Crippen molar-refractivity contribution in [2.75, 3.05) is 50.4 Å². The maximum atomic E-state index is 13.1. The molecule has 1 atom stereocenters. The molecule has 0 aliphatic carbocycles. The van der Waals surface area contributed by atoms with Crippen LogP contribution in [0.25, 0.3) is 0 Å². The number of allylic oxidation sites excluding steroid dienone is 1. The van der Waals surface area contributed by atoms with Gasteiger partial charge in [-0.25, -0.2) is 14.6 Å². The fourth-order valence-corrected chi connectivity index (χ4v) is 5.17. The second-order valence-electron chi connectivity index (χ2n) is 8.22. The third-order valence-electron chi connectivity index (χ3n) is 5.84. The summed E-state index contributed by atoms with van der Waals surface area (Å²) in [4.78, 5) is 32.5. The van der Waals surface area contributed by atoms with E-state index in [2.05, 4.69) is 15.5 Å². The molecule has 4 rings (SSSR count). The van der Waals surface area contributed by atoms with Gasteiger partial charge in [0.15, 0.2) is 5.17 Å². The molecule has 2 amide bonds. The molecule has 10 heteroatoms. The van der Waals surface area contributed by atoms with Gasteiger partial charge in [0.25, 0.3) is 0 Å². The topological polar surface area (TPSA) is 101 Å². The number of fused-ring (bicyclic) bond motifs is 1. The van der Waals surface area contributed by atoms with Crippen molar-refractivity contribution in [2.24, 2.45) is 4.99 Å². The summed E-state index contributed by atoms with van der Waals surface area (Å²) in [6.07, 6.45) is 0.994. The molecule has 0 bridgehead atoms. The molecule has 2 aliphatic heterocycles. The fraction of sp³-hybridized carbons (Fsp3) is 0.346. The van der Waals surface area contributed by atoms with E-state index in [0.29, 0.717) is 35.0 Å². The van der Waals surface area contributed by atoms with E-state index in [9.17, 15) is 9.59 Å². The first kappa shape index (κ1) is 25.6. The highest BCUT2D eigenvalue weighted by molar-refractivity contribution is 8.13. The summed E-state index contributed by atoms with van der Waals surface area (Å²) in [5.74, 6) is 1.17. The van der Waals surface area contributed by atoms with Gasteiger partial charge in [-0.05, 0) is 43.2 Å². The number of benzene rings is 2. The Bertz CT molecular complexity index is 1170. The van der Waals surface area contributed by atoms with Crippen LogP contribution in [0.3, 0.4) is 0 Å². The molecule has 2 aromatic rings. The Balaban J connectivity index is 1.53. The van der Waals surface area contributed by atoms with Crippen LogP contribution in [-0.2, 0) is 14.3 Å². The predicted octanol–water partition coefficient (Wildman–Crippen LogP) is 4.65. The molecule has 1 saturated heterocycles. The van der Waals surface area contributed by atoms with E-state index in [1.165, 1.54) is 0 Å². The first-order valence-corrected chi connectivity index (χ1v) is 12.7. The average molecular weight is 511 g/mol. The normalized spacial score (nSPS) is 17.1. The Morgan fingerprint density at radius 3 is 2.61 bits per heavy atom. The van der Waals surface area contributed by atoms with Crippen LogP contribution in [-0.4, -0.2) is 61.8 Å². The smallest absolute Gasteiger partial charge is 0.338 e. The van der Waals surface area contributed by atoms with Gasteiger partial charge in [0.2, 0.25) is 0 Å². The Labute approximate surface area is 214 Å². The van der Waals surface area contributed by atoms with Crippen molar-refractivity contribution in [3.05, 3.63) is 65.4 Å². The summed E-state index contributed by atoms with van der Waals surface area (Å²) in [6, 6.07) is 14.0. The zero-order valence-electron chi connectivity index (χ0n) is 20.6. The minimum Gasteiger partial charge on any atom is -0.495 e. The first-order chi connectivity index (χ1) is 17.5. The lowest BCUT2D eigenvalue weighted by Crippen LogP contribution is -2.42. The van der Waals surface area contributed by atoms with Gasteiger partial charge in [-0.2, -0.15) is 0 Å². The van der Waals surface area contributed by atoms with Crippen molar-refractivity contribution < 1.29 is 23.8 Å². The van der Waals surface area contributed by atoms with Gasteiger partial charge >= 0.3 is 12.0 Å². The van der Waals surface area contributed by atoms with Crippen LogP contribution in [0.4, 0.5) is 16.2 Å². The van der Waals surface area contributed by atoms with Gasteiger partial charge in [0.05, 0.1) is 36.7 Å². The first-order valence-electron chi connectivity index (χ1n) is 11.7. The van der Waals surface area contributed by atoms with Crippen LogP contribution < -0.4 is 15.4 Å². The molecule has 2 N–H and O–H groups in total. The third kappa shape index (κ3) is 5.83. The zero-order valence-corrected chi connectivity index (χ0v) is 21.4. The van der Waals surface area contributed by atoms with Gasteiger partial charge in [-0.15, -0.1) is 0 Å². The van der Waals surface area contributed by atoms with Crippen molar-refractivity contribution >= 4 is 40.3 Å². The van der Waals surface area contributed by atoms with Crippen molar-refractivity contribution in [1.82, 2.24) is 4.90 Å². The van der Waals surface area contributed by atoms with E-state index in [1.807, 2.05) is 43.3 Å². The number of hydrogen-bond donors (Lipinski definition) is 2. The number of amides is 2. The van der Waals surface area contributed by atoms with Crippen LogP contribution in [0, 0.1) is 0 Å². The number of methoxy groups -OCH3 is 2. The number of nitrogens with zero attached hydrogens (tertiary/aromatic N) is 2. The quantitative estimate of drug-likeness (QED) is 0.394. The minimum absolute atomic E-state index is 0.175. The van der Waals surface area contributed by atoms with Gasteiger partial charge in [-0.1, -0.05) is 36.0 Å². The number of amidine groups is 1. The molecular weight excluding hydrogens is 480 g/mol. The predicted molar refractivity (Wildman–Crippen MR) is 142 cm³/mol. The molecule has 0 aromatic heterocycles. The lowest BCUT2D eigenvalue weighted by atomic mass is 9.94. The van der Waals surface area contributed by atoms with Crippen LogP contribution >= 0.6 is 11.8 Å². The number of thioether (sulfide) groups is 1. The lowest BCUT2D eigenvalue weighted by Gasteiger charge is -2.40. The van der Waals surface area contributed by atoms with E-state index < -0.39 is 5.97 Å². The summed E-state index contributed by atoms with van der Waals surface area (Å²) in [6.45, 7) is 3.14. The summed E-state index contributed by atoms with van der Waals surface area (Å²) in [5.41, 5.74) is 3.28. The second kappa shape index (κ2) is 12.0. The van der Waals surface area contributed by atoms with Crippen molar-refractivity contribution in [3.8, 4) is 5.75 Å². The number of anilines is 2. The number of carbonyl (C=O) groups excluding carboxylic acids is 2. The van der Waals surface area contributed by atoms with Gasteiger partial charge in [0, 0.05) is 25.1 Å². The second-order valence-corrected chi connectivity index (χ2v) is 9.28. The lowest BCUT2D eigenvalue weighted by molar-refractivity contribution is -0.141. The Kier molecular flexibility index (Phi) is 8.50. The fourth-order valence-electron chi connectivity index (χ4n) is 4.15. The van der Waals surface area contributed by atoms with E-state index in [0.717, 1.165) is 29.4 Å². The van der Waals surface area contributed by atoms with E-state index in [4.69, 9.17) is 19.2 Å². The van der Waals surface area contributed by atoms with Crippen LogP contribution in [0.1, 0.15) is 24.9 Å². The molecular formula is C26H30N4O5S. The van der Waals surface area contributed by atoms with Crippen molar-refractivity contribution in [3.63, 3.8) is 0 Å².